The predicted octanol–water partition coefficient (Wildman–Crippen LogP) is 5.40. The zero-order valence-electron chi connectivity index (χ0n) is 19.2. The second-order valence-corrected chi connectivity index (χ2v) is 8.66. The molecule has 0 radical (unpaired) electrons. The van der Waals surface area contributed by atoms with Crippen LogP contribution in [-0.4, -0.2) is 35.1 Å². The molecule has 1 saturated heterocycles. The quantitative estimate of drug-likeness (QED) is 0.171. The molecule has 4 rings (SSSR count). The summed E-state index contributed by atoms with van der Waals surface area (Å²) in [6.07, 6.45) is -0.614. The third-order valence-electron chi connectivity index (χ3n) is 5.49. The van der Waals surface area contributed by atoms with Crippen LogP contribution < -0.4 is 20.4 Å². The molecule has 0 aliphatic carbocycles. The van der Waals surface area contributed by atoms with Gasteiger partial charge in [-0.3, -0.25) is 19.9 Å². The Morgan fingerprint density at radius 1 is 0.947 bits per heavy atom. The predicted molar refractivity (Wildman–Crippen MR) is 133 cm³/mol. The SMILES string of the molecule is COc1ccc(NC(=O)CC2C(=O)N(c3ccc(Cl)cc3)C(=S)N2Nc2c(F)c(F)c(F)c(F)c2F)cc1. The van der Waals surface area contributed by atoms with Crippen molar-refractivity contribution in [1.82, 2.24) is 5.01 Å². The van der Waals surface area contributed by atoms with Crippen LogP contribution in [0.4, 0.5) is 39.0 Å². The minimum atomic E-state index is -2.36. The first-order valence-electron chi connectivity index (χ1n) is 10.7. The van der Waals surface area contributed by atoms with E-state index in [-0.39, 0.29) is 5.69 Å². The number of carbonyl (C=O) groups excluding carboxylic acids is 2. The summed E-state index contributed by atoms with van der Waals surface area (Å²) in [7, 11) is 1.46. The van der Waals surface area contributed by atoms with Crippen molar-refractivity contribution in [1.29, 1.82) is 0 Å². The van der Waals surface area contributed by atoms with Gasteiger partial charge in [0.25, 0.3) is 5.91 Å². The summed E-state index contributed by atoms with van der Waals surface area (Å²) >= 11 is 11.2. The molecule has 38 heavy (non-hydrogen) atoms. The average Bonchev–Trinajstić information content (AvgIpc) is 3.13. The maximum absolute atomic E-state index is 14.4. The first-order valence-corrected chi connectivity index (χ1v) is 11.5. The minimum absolute atomic E-state index is 0.187. The molecule has 2 N–H and O–H groups in total. The van der Waals surface area contributed by atoms with Gasteiger partial charge in [-0.05, 0) is 60.7 Å². The van der Waals surface area contributed by atoms with Crippen LogP contribution >= 0.6 is 23.8 Å². The summed E-state index contributed by atoms with van der Waals surface area (Å²) in [6.45, 7) is 0. The molecule has 1 fully saturated rings. The Bertz CT molecular complexity index is 1400. The molecule has 1 aliphatic heterocycles. The van der Waals surface area contributed by atoms with E-state index in [0.29, 0.717) is 21.5 Å². The Hall–Kier alpha value is -3.97. The summed E-state index contributed by atoms with van der Waals surface area (Å²) in [4.78, 5) is 27.1. The van der Waals surface area contributed by atoms with Gasteiger partial charge in [-0.1, -0.05) is 11.6 Å². The summed E-state index contributed by atoms with van der Waals surface area (Å²) < 4.78 is 75.1. The number of rotatable bonds is 7. The van der Waals surface area contributed by atoms with Gasteiger partial charge in [0, 0.05) is 10.7 Å². The van der Waals surface area contributed by atoms with E-state index in [1.165, 1.54) is 43.5 Å². The molecule has 2 amide bonds. The minimum Gasteiger partial charge on any atom is -0.497 e. The van der Waals surface area contributed by atoms with Gasteiger partial charge in [-0.15, -0.1) is 0 Å². The van der Waals surface area contributed by atoms with Crippen LogP contribution in [0.15, 0.2) is 48.5 Å². The Labute approximate surface area is 222 Å². The smallest absolute Gasteiger partial charge is 0.258 e. The lowest BCUT2D eigenvalue weighted by Crippen LogP contribution is -2.42. The lowest BCUT2D eigenvalue weighted by molar-refractivity contribution is -0.124. The van der Waals surface area contributed by atoms with Gasteiger partial charge < -0.3 is 10.1 Å². The number of methoxy groups -OCH3 is 1. The van der Waals surface area contributed by atoms with Gasteiger partial charge in [0.15, 0.2) is 23.3 Å². The van der Waals surface area contributed by atoms with Crippen molar-refractivity contribution in [2.45, 2.75) is 12.5 Å². The fourth-order valence-corrected chi connectivity index (χ4v) is 4.11. The second-order valence-electron chi connectivity index (χ2n) is 7.86. The van der Waals surface area contributed by atoms with Gasteiger partial charge in [0.2, 0.25) is 16.8 Å². The monoisotopic (exact) mass is 570 g/mol. The molecule has 1 heterocycles. The van der Waals surface area contributed by atoms with E-state index in [1.807, 2.05) is 5.43 Å². The number of hydrogen-bond donors (Lipinski definition) is 2. The largest absolute Gasteiger partial charge is 0.497 e. The maximum Gasteiger partial charge on any atom is 0.258 e. The number of nitrogens with one attached hydrogen (secondary N) is 2. The molecule has 198 valence electrons. The van der Waals surface area contributed by atoms with Crippen molar-refractivity contribution >= 4 is 57.8 Å². The second kappa shape index (κ2) is 10.8. The third kappa shape index (κ3) is 5.07. The molecule has 0 saturated carbocycles. The highest BCUT2D eigenvalue weighted by Crippen LogP contribution is 2.32. The van der Waals surface area contributed by atoms with E-state index in [9.17, 15) is 31.5 Å². The molecule has 3 aromatic carbocycles. The Morgan fingerprint density at radius 3 is 2.05 bits per heavy atom. The fraction of sp³-hybridized carbons (Fsp3) is 0.125. The van der Waals surface area contributed by atoms with Crippen LogP contribution in [0.25, 0.3) is 0 Å². The van der Waals surface area contributed by atoms with Crippen molar-refractivity contribution in [3.63, 3.8) is 0 Å². The van der Waals surface area contributed by atoms with Gasteiger partial charge in [0.05, 0.1) is 19.2 Å². The van der Waals surface area contributed by atoms with Crippen LogP contribution in [0.2, 0.25) is 5.02 Å². The van der Waals surface area contributed by atoms with Crippen LogP contribution in [0.1, 0.15) is 6.42 Å². The zero-order chi connectivity index (χ0) is 27.7. The normalized spacial score (nSPS) is 15.2. The first-order chi connectivity index (χ1) is 18.0. The van der Waals surface area contributed by atoms with Crippen LogP contribution in [0.3, 0.4) is 0 Å². The lowest BCUT2D eigenvalue weighted by atomic mass is 10.1. The number of nitrogens with zero attached hydrogens (tertiary/aromatic N) is 2. The van der Waals surface area contributed by atoms with Crippen LogP contribution in [-0.2, 0) is 9.59 Å². The highest BCUT2D eigenvalue weighted by Gasteiger charge is 2.45. The van der Waals surface area contributed by atoms with E-state index >= 15 is 0 Å². The van der Waals surface area contributed by atoms with E-state index in [4.69, 9.17) is 28.6 Å². The number of benzene rings is 3. The number of carbonyl (C=O) groups is 2. The maximum atomic E-state index is 14.4. The fourth-order valence-electron chi connectivity index (χ4n) is 3.61. The van der Waals surface area contributed by atoms with Crippen molar-refractivity contribution in [2.24, 2.45) is 0 Å². The van der Waals surface area contributed by atoms with Crippen LogP contribution in [0, 0.1) is 29.1 Å². The van der Waals surface area contributed by atoms with Gasteiger partial charge in [-0.2, -0.15) is 0 Å². The van der Waals surface area contributed by atoms with E-state index in [0.717, 1.165) is 4.90 Å². The molecular weight excluding hydrogens is 555 g/mol. The molecule has 1 unspecified atom stereocenters. The molecule has 0 aromatic heterocycles. The van der Waals surface area contributed by atoms with Crippen molar-refractivity contribution in [3.8, 4) is 5.75 Å². The molecule has 7 nitrogen and oxygen atoms in total. The third-order valence-corrected chi connectivity index (χ3v) is 6.13. The Balaban J connectivity index is 1.68. The van der Waals surface area contributed by atoms with Gasteiger partial charge >= 0.3 is 0 Å². The summed E-state index contributed by atoms with van der Waals surface area (Å²) in [5, 5.41) is 3.16. The van der Waals surface area contributed by atoms with Gasteiger partial charge in [0.1, 0.15) is 17.5 Å². The summed E-state index contributed by atoms with van der Waals surface area (Å²) in [5.74, 6) is -12.1. The van der Waals surface area contributed by atoms with E-state index in [2.05, 4.69) is 5.32 Å². The highest BCUT2D eigenvalue weighted by atomic mass is 35.5. The molecule has 0 spiro atoms. The van der Waals surface area contributed by atoms with Crippen molar-refractivity contribution < 1.29 is 36.3 Å². The molecule has 1 atom stereocenters. The number of thiocarbonyl (C=S) groups is 1. The van der Waals surface area contributed by atoms with E-state index in [1.54, 1.807) is 12.1 Å². The highest BCUT2D eigenvalue weighted by molar-refractivity contribution is 7.80. The Kier molecular flexibility index (Phi) is 7.69. The topological polar surface area (TPSA) is 73.9 Å². The van der Waals surface area contributed by atoms with E-state index < -0.39 is 64.2 Å². The molecular formula is C24H16ClF5N4O3S. The van der Waals surface area contributed by atoms with Crippen molar-refractivity contribution in [2.75, 3.05) is 22.8 Å². The summed E-state index contributed by atoms with van der Waals surface area (Å²) in [5.41, 5.74) is 1.11. The molecule has 0 bridgehead atoms. The van der Waals surface area contributed by atoms with Crippen molar-refractivity contribution in [3.05, 3.63) is 82.6 Å². The number of amides is 2. The van der Waals surface area contributed by atoms with Gasteiger partial charge in [-0.25, -0.2) is 27.0 Å². The summed E-state index contributed by atoms with van der Waals surface area (Å²) in [6, 6.07) is 10.4. The average molecular weight is 571 g/mol. The Morgan fingerprint density at radius 2 is 1.50 bits per heavy atom. The first kappa shape index (κ1) is 27.1. The number of anilines is 3. The number of hydrogen-bond acceptors (Lipinski definition) is 5. The lowest BCUT2D eigenvalue weighted by Gasteiger charge is -2.26. The standard InChI is InChI=1S/C24H16ClF5N4O3S/c1-37-14-8-4-12(5-9-14)31-16(35)10-15-23(36)33(13-6-2-11(25)3-7-13)24(38)34(15)32-22-20(29)18(27)17(26)19(28)21(22)30/h2-9,15,32H,10H2,1H3,(H,31,35). The van der Waals surface area contributed by atoms with Crippen LogP contribution in [0.5, 0.6) is 5.75 Å². The zero-order valence-corrected chi connectivity index (χ0v) is 20.8. The molecule has 14 heteroatoms. The molecule has 1 aliphatic rings. The molecule has 3 aromatic rings. The number of halogens is 6. The number of hydrazine groups is 1. The number of ether oxygens (including phenoxy) is 1.